The Morgan fingerprint density at radius 1 is 1.05 bits per heavy atom. The minimum Gasteiger partial charge on any atom is -0.368 e. The maximum Gasteiger partial charge on any atom is 0.251 e. The average molecular weight is 303 g/mol. The van der Waals surface area contributed by atoms with Gasteiger partial charge in [-0.1, -0.05) is 48.0 Å². The van der Waals surface area contributed by atoms with Crippen LogP contribution < -0.4 is 11.1 Å². The maximum absolute atomic E-state index is 12.1. The van der Waals surface area contributed by atoms with E-state index in [1.807, 2.05) is 12.1 Å². The molecule has 0 aliphatic carbocycles. The molecule has 2 aromatic rings. The summed E-state index contributed by atoms with van der Waals surface area (Å²) in [5.74, 6) is -0.939. The molecule has 2 aromatic carbocycles. The van der Waals surface area contributed by atoms with Crippen molar-refractivity contribution in [3.05, 3.63) is 70.7 Å². The van der Waals surface area contributed by atoms with Crippen molar-refractivity contribution in [1.29, 1.82) is 0 Å². The van der Waals surface area contributed by atoms with E-state index in [9.17, 15) is 9.59 Å². The quantitative estimate of drug-likeness (QED) is 0.888. The van der Waals surface area contributed by atoms with Gasteiger partial charge in [-0.25, -0.2) is 0 Å². The van der Waals surface area contributed by atoms with Crippen LogP contribution in [0.5, 0.6) is 0 Å². The highest BCUT2D eigenvalue weighted by Crippen LogP contribution is 2.16. The first-order valence-corrected chi connectivity index (χ1v) is 6.84. The molecule has 0 radical (unpaired) electrons. The fourth-order valence-corrected chi connectivity index (χ4v) is 2.15. The van der Waals surface area contributed by atoms with Gasteiger partial charge in [0.25, 0.3) is 5.91 Å². The molecule has 0 heterocycles. The minimum absolute atomic E-state index is 0.258. The smallest absolute Gasteiger partial charge is 0.251 e. The van der Waals surface area contributed by atoms with Gasteiger partial charge in [0, 0.05) is 17.0 Å². The fraction of sp³-hybridized carbons (Fsp3) is 0.125. The van der Waals surface area contributed by atoms with Crippen molar-refractivity contribution in [2.24, 2.45) is 5.73 Å². The van der Waals surface area contributed by atoms with Gasteiger partial charge in [0.05, 0.1) is 0 Å². The van der Waals surface area contributed by atoms with E-state index in [2.05, 4.69) is 5.32 Å². The van der Waals surface area contributed by atoms with E-state index in [1.54, 1.807) is 42.5 Å². The number of carbonyl (C=O) groups is 2. The van der Waals surface area contributed by atoms with Gasteiger partial charge in [0.15, 0.2) is 0 Å². The van der Waals surface area contributed by atoms with Crippen LogP contribution in [0.15, 0.2) is 54.6 Å². The third-order valence-electron chi connectivity index (χ3n) is 3.07. The second-order valence-electron chi connectivity index (χ2n) is 4.59. The van der Waals surface area contributed by atoms with Gasteiger partial charge in [-0.05, 0) is 23.8 Å². The summed E-state index contributed by atoms with van der Waals surface area (Å²) in [6.07, 6.45) is 0.258. The van der Waals surface area contributed by atoms with Crippen molar-refractivity contribution in [3.8, 4) is 0 Å². The van der Waals surface area contributed by atoms with Crippen LogP contribution in [0.4, 0.5) is 0 Å². The number of rotatable bonds is 5. The lowest BCUT2D eigenvalue weighted by Gasteiger charge is -2.16. The van der Waals surface area contributed by atoms with Gasteiger partial charge in [-0.3, -0.25) is 9.59 Å². The molecule has 4 nitrogen and oxygen atoms in total. The Kier molecular flexibility index (Phi) is 4.95. The number of hydrogen-bond donors (Lipinski definition) is 2. The van der Waals surface area contributed by atoms with E-state index in [-0.39, 0.29) is 12.3 Å². The summed E-state index contributed by atoms with van der Waals surface area (Å²) in [7, 11) is 0. The lowest BCUT2D eigenvalue weighted by molar-refractivity contribution is -0.119. The van der Waals surface area contributed by atoms with Crippen LogP contribution in [-0.4, -0.2) is 17.9 Å². The number of amides is 2. The van der Waals surface area contributed by atoms with Crippen molar-refractivity contribution in [2.45, 2.75) is 12.5 Å². The topological polar surface area (TPSA) is 72.2 Å². The van der Waals surface area contributed by atoms with Crippen LogP contribution in [0.3, 0.4) is 0 Å². The van der Waals surface area contributed by atoms with E-state index in [0.29, 0.717) is 10.6 Å². The Hall–Kier alpha value is -2.33. The first-order valence-electron chi connectivity index (χ1n) is 6.46. The molecule has 5 heteroatoms. The van der Waals surface area contributed by atoms with Crippen LogP contribution >= 0.6 is 11.6 Å². The lowest BCUT2D eigenvalue weighted by Crippen LogP contribution is -2.45. The second-order valence-corrected chi connectivity index (χ2v) is 5.00. The fourth-order valence-electron chi connectivity index (χ4n) is 1.94. The van der Waals surface area contributed by atoms with E-state index in [0.717, 1.165) is 5.56 Å². The highest BCUT2D eigenvalue weighted by molar-refractivity contribution is 6.31. The number of nitrogens with one attached hydrogen (secondary N) is 1. The maximum atomic E-state index is 12.1. The van der Waals surface area contributed by atoms with Gasteiger partial charge >= 0.3 is 0 Å². The molecule has 0 aliphatic heterocycles. The van der Waals surface area contributed by atoms with Crippen molar-refractivity contribution in [1.82, 2.24) is 5.32 Å². The Balaban J connectivity index is 2.12. The van der Waals surface area contributed by atoms with Crippen molar-refractivity contribution >= 4 is 23.4 Å². The van der Waals surface area contributed by atoms with Gasteiger partial charge in [0.1, 0.15) is 6.04 Å². The SMILES string of the molecule is NC(=O)[C@@H](Cc1ccccc1Cl)NC(=O)c1ccccc1. The predicted molar refractivity (Wildman–Crippen MR) is 82.0 cm³/mol. The summed E-state index contributed by atoms with van der Waals surface area (Å²) < 4.78 is 0. The largest absolute Gasteiger partial charge is 0.368 e. The van der Waals surface area contributed by atoms with E-state index in [4.69, 9.17) is 17.3 Å². The number of hydrogen-bond acceptors (Lipinski definition) is 2. The van der Waals surface area contributed by atoms with E-state index in [1.165, 1.54) is 0 Å². The van der Waals surface area contributed by atoms with E-state index >= 15 is 0 Å². The Bertz CT molecular complexity index is 644. The minimum atomic E-state index is -0.808. The second kappa shape index (κ2) is 6.90. The zero-order valence-electron chi connectivity index (χ0n) is 11.3. The third-order valence-corrected chi connectivity index (χ3v) is 3.44. The van der Waals surface area contributed by atoms with Crippen LogP contribution in [0, 0.1) is 0 Å². The van der Waals surface area contributed by atoms with Gasteiger partial charge < -0.3 is 11.1 Å². The molecule has 0 aliphatic rings. The van der Waals surface area contributed by atoms with Crippen LogP contribution in [0.1, 0.15) is 15.9 Å². The molecule has 108 valence electrons. The van der Waals surface area contributed by atoms with Crippen LogP contribution in [-0.2, 0) is 11.2 Å². The lowest BCUT2D eigenvalue weighted by atomic mass is 10.0. The molecule has 0 aromatic heterocycles. The standard InChI is InChI=1S/C16H15ClN2O2/c17-13-9-5-4-8-12(13)10-14(15(18)20)19-16(21)11-6-2-1-3-7-11/h1-9,14H,10H2,(H2,18,20)(H,19,21)/t14-/m1/s1. The van der Waals surface area contributed by atoms with Gasteiger partial charge in [0.2, 0.25) is 5.91 Å². The molecule has 3 N–H and O–H groups in total. The van der Waals surface area contributed by atoms with E-state index < -0.39 is 11.9 Å². The number of benzene rings is 2. The first-order chi connectivity index (χ1) is 10.1. The number of nitrogens with two attached hydrogens (primary N) is 1. The van der Waals surface area contributed by atoms with Crippen molar-refractivity contribution in [2.75, 3.05) is 0 Å². The molecule has 0 saturated heterocycles. The first kappa shape index (κ1) is 15.1. The van der Waals surface area contributed by atoms with Crippen LogP contribution in [0.25, 0.3) is 0 Å². The molecule has 0 saturated carbocycles. The number of carbonyl (C=O) groups excluding carboxylic acids is 2. The summed E-state index contributed by atoms with van der Waals surface area (Å²) in [5, 5.41) is 3.18. The molecule has 0 spiro atoms. The zero-order valence-corrected chi connectivity index (χ0v) is 12.0. The molecular formula is C16H15ClN2O2. The molecule has 0 fully saturated rings. The normalized spacial score (nSPS) is 11.7. The predicted octanol–water partition coefficient (Wildman–Crippen LogP) is 2.17. The molecule has 21 heavy (non-hydrogen) atoms. The summed E-state index contributed by atoms with van der Waals surface area (Å²) in [6.45, 7) is 0. The molecule has 0 unspecified atom stereocenters. The molecule has 0 bridgehead atoms. The van der Waals surface area contributed by atoms with Crippen molar-refractivity contribution < 1.29 is 9.59 Å². The highest BCUT2D eigenvalue weighted by Gasteiger charge is 2.20. The Labute approximate surface area is 127 Å². The van der Waals surface area contributed by atoms with Gasteiger partial charge in [-0.2, -0.15) is 0 Å². The third kappa shape index (κ3) is 4.07. The molecule has 2 amide bonds. The number of primary amides is 1. The average Bonchev–Trinajstić information content (AvgIpc) is 2.49. The molecule has 1 atom stereocenters. The monoisotopic (exact) mass is 302 g/mol. The summed E-state index contributed by atoms with van der Waals surface area (Å²) >= 11 is 6.06. The summed E-state index contributed by atoms with van der Waals surface area (Å²) in [4.78, 5) is 23.6. The Morgan fingerprint density at radius 2 is 1.67 bits per heavy atom. The summed E-state index contributed by atoms with van der Waals surface area (Å²) in [5.41, 5.74) is 6.60. The zero-order chi connectivity index (χ0) is 15.2. The van der Waals surface area contributed by atoms with Gasteiger partial charge in [-0.15, -0.1) is 0 Å². The highest BCUT2D eigenvalue weighted by atomic mass is 35.5. The molecule has 2 rings (SSSR count). The van der Waals surface area contributed by atoms with Crippen molar-refractivity contribution in [3.63, 3.8) is 0 Å². The number of halogens is 1. The summed E-state index contributed by atoms with van der Waals surface area (Å²) in [6, 6.07) is 15.0. The molecular weight excluding hydrogens is 288 g/mol. The van der Waals surface area contributed by atoms with Crippen LogP contribution in [0.2, 0.25) is 5.02 Å². The Morgan fingerprint density at radius 3 is 2.29 bits per heavy atom.